The maximum Gasteiger partial charge on any atom is 0.417 e. The summed E-state index contributed by atoms with van der Waals surface area (Å²) in [6.07, 6.45) is -2.47. The van der Waals surface area contributed by atoms with Gasteiger partial charge in [-0.1, -0.05) is 24.3 Å². The van der Waals surface area contributed by atoms with E-state index < -0.39 is 38.6 Å². The first-order chi connectivity index (χ1) is 19.5. The van der Waals surface area contributed by atoms with Crippen molar-refractivity contribution in [1.29, 1.82) is 0 Å². The molecule has 0 spiro atoms. The molecule has 0 saturated carbocycles. The van der Waals surface area contributed by atoms with Crippen LogP contribution in [0.5, 0.6) is 0 Å². The van der Waals surface area contributed by atoms with E-state index in [1.165, 1.54) is 6.07 Å². The molecule has 2 aliphatic rings. The summed E-state index contributed by atoms with van der Waals surface area (Å²) in [5.41, 5.74) is 6.91. The lowest BCUT2D eigenvalue weighted by atomic mass is 9.94. The summed E-state index contributed by atoms with van der Waals surface area (Å²) < 4.78 is 75.6. The molecular formula is C28H34F3N5O4S. The molecule has 3 aromatic rings. The van der Waals surface area contributed by atoms with Gasteiger partial charge in [0, 0.05) is 58.4 Å². The number of benzene rings is 2. The van der Waals surface area contributed by atoms with Crippen LogP contribution in [0, 0.1) is 5.92 Å². The number of rotatable bonds is 8. The summed E-state index contributed by atoms with van der Waals surface area (Å²) in [4.78, 5) is 19.5. The van der Waals surface area contributed by atoms with Crippen molar-refractivity contribution in [3.05, 3.63) is 59.9 Å². The molecule has 1 unspecified atom stereocenters. The molecule has 41 heavy (non-hydrogen) atoms. The number of alkyl halides is 3. The number of carbonyl (C=O) groups is 1. The number of para-hydroxylation sites is 2. The van der Waals surface area contributed by atoms with Crippen LogP contribution in [0.1, 0.15) is 36.6 Å². The molecule has 2 fully saturated rings. The smallest absolute Gasteiger partial charge is 0.385 e. The second-order valence-corrected chi connectivity index (χ2v) is 12.6. The Morgan fingerprint density at radius 3 is 2.59 bits per heavy atom. The molecule has 9 nitrogen and oxygen atoms in total. The molecule has 5 rings (SSSR count). The van der Waals surface area contributed by atoms with Gasteiger partial charge >= 0.3 is 6.18 Å². The molecule has 0 radical (unpaired) electrons. The topological polar surface area (TPSA) is 111 Å². The van der Waals surface area contributed by atoms with Gasteiger partial charge in [0.15, 0.2) is 0 Å². The van der Waals surface area contributed by atoms with Crippen molar-refractivity contribution in [1.82, 2.24) is 18.8 Å². The van der Waals surface area contributed by atoms with E-state index in [0.717, 1.165) is 58.6 Å². The predicted molar refractivity (Wildman–Crippen MR) is 146 cm³/mol. The van der Waals surface area contributed by atoms with Crippen molar-refractivity contribution in [2.24, 2.45) is 11.7 Å². The minimum atomic E-state index is -4.84. The van der Waals surface area contributed by atoms with Crippen LogP contribution in [0.15, 0.2) is 53.4 Å². The molecule has 1 aromatic heterocycles. The van der Waals surface area contributed by atoms with E-state index in [1.54, 1.807) is 12.0 Å². The molecule has 2 aliphatic heterocycles. The molecule has 1 amide bonds. The number of carbonyl (C=O) groups excluding carboxylic acids is 1. The standard InChI is InChI=1S/C28H34F3N5O4S/c1-40-15-7-14-36-24-11-4-3-10-23(24)33-26(36)19-8-6-13-34(16-19)27(37)20-17-35(18-22(20)32)41(38,39)25-12-5-2-9-21(25)28(29,30)31/h2-5,9-12,19-20,22H,6-8,13-18,32H2,1H3/t19?,20-,22-/m1/s1. The first-order valence-electron chi connectivity index (χ1n) is 13.7. The maximum atomic E-state index is 13.7. The zero-order valence-corrected chi connectivity index (χ0v) is 23.6. The second kappa shape index (κ2) is 11.7. The minimum Gasteiger partial charge on any atom is -0.385 e. The fourth-order valence-electron chi connectivity index (χ4n) is 5.94. The Labute approximate surface area is 237 Å². The number of piperidine rings is 1. The van der Waals surface area contributed by atoms with Crippen molar-refractivity contribution >= 4 is 27.0 Å². The molecule has 3 heterocycles. The Morgan fingerprint density at radius 2 is 1.83 bits per heavy atom. The van der Waals surface area contributed by atoms with Crippen LogP contribution >= 0.6 is 0 Å². The van der Waals surface area contributed by atoms with Crippen molar-refractivity contribution in [3.63, 3.8) is 0 Å². The van der Waals surface area contributed by atoms with Gasteiger partial charge in [-0.2, -0.15) is 17.5 Å². The highest BCUT2D eigenvalue weighted by Crippen LogP contribution is 2.37. The van der Waals surface area contributed by atoms with Crippen LogP contribution < -0.4 is 5.73 Å². The molecule has 2 aromatic carbocycles. The van der Waals surface area contributed by atoms with Crippen LogP contribution in [0.4, 0.5) is 13.2 Å². The number of amides is 1. The van der Waals surface area contributed by atoms with Crippen molar-refractivity contribution < 1.29 is 31.1 Å². The number of ether oxygens (including phenoxy) is 1. The van der Waals surface area contributed by atoms with E-state index in [-0.39, 0.29) is 24.9 Å². The molecule has 0 bridgehead atoms. The number of hydrogen-bond acceptors (Lipinski definition) is 6. The van der Waals surface area contributed by atoms with Gasteiger partial charge in [-0.25, -0.2) is 13.4 Å². The van der Waals surface area contributed by atoms with Crippen molar-refractivity contribution in [2.45, 2.75) is 48.8 Å². The number of fused-ring (bicyclic) bond motifs is 1. The largest absolute Gasteiger partial charge is 0.417 e. The highest BCUT2D eigenvalue weighted by atomic mass is 32.2. The Balaban J connectivity index is 1.34. The molecule has 0 aliphatic carbocycles. The van der Waals surface area contributed by atoms with E-state index in [4.69, 9.17) is 15.5 Å². The average molecular weight is 594 g/mol. The van der Waals surface area contributed by atoms with E-state index in [9.17, 15) is 26.4 Å². The third-order valence-corrected chi connectivity index (χ3v) is 9.86. The van der Waals surface area contributed by atoms with Gasteiger partial charge in [0.2, 0.25) is 15.9 Å². The fraction of sp³-hybridized carbons (Fsp3) is 0.500. The third-order valence-electron chi connectivity index (χ3n) is 7.97. The van der Waals surface area contributed by atoms with Gasteiger partial charge < -0.3 is 19.9 Å². The SMILES string of the molecule is COCCCn1c(C2CCCN(C(=O)[C@@H]3CN(S(=O)(=O)c4ccccc4C(F)(F)F)C[C@H]3N)C2)nc2ccccc21. The number of nitrogens with zero attached hydrogens (tertiary/aromatic N) is 4. The summed E-state index contributed by atoms with van der Waals surface area (Å²) in [6, 6.07) is 11.1. The number of hydrogen-bond donors (Lipinski definition) is 1. The van der Waals surface area contributed by atoms with Crippen LogP contribution in [-0.4, -0.2) is 79.0 Å². The van der Waals surface area contributed by atoms with Gasteiger partial charge in [0.05, 0.1) is 27.4 Å². The molecule has 3 atom stereocenters. The average Bonchev–Trinajstić information content (AvgIpc) is 3.53. The van der Waals surface area contributed by atoms with E-state index in [0.29, 0.717) is 26.2 Å². The van der Waals surface area contributed by atoms with E-state index in [2.05, 4.69) is 4.57 Å². The number of likely N-dealkylation sites (tertiary alicyclic amines) is 1. The monoisotopic (exact) mass is 593 g/mol. The first-order valence-corrected chi connectivity index (χ1v) is 15.1. The number of aromatic nitrogens is 2. The van der Waals surface area contributed by atoms with E-state index >= 15 is 0 Å². The number of aryl methyl sites for hydroxylation is 1. The minimum absolute atomic E-state index is 0.0289. The summed E-state index contributed by atoms with van der Waals surface area (Å²) in [5, 5.41) is 0. The normalized spacial score (nSPS) is 22.5. The zero-order chi connectivity index (χ0) is 29.4. The molecule has 2 saturated heterocycles. The van der Waals surface area contributed by atoms with Crippen molar-refractivity contribution in [2.75, 3.05) is 39.9 Å². The third kappa shape index (κ3) is 5.85. The maximum absolute atomic E-state index is 13.7. The fourth-order valence-corrected chi connectivity index (χ4v) is 7.66. The zero-order valence-electron chi connectivity index (χ0n) is 22.8. The Kier molecular flexibility index (Phi) is 8.42. The quantitative estimate of drug-likeness (QED) is 0.401. The Hall–Kier alpha value is -3.00. The number of methoxy groups -OCH3 is 1. The highest BCUT2D eigenvalue weighted by Gasteiger charge is 2.46. The number of sulfonamides is 1. The van der Waals surface area contributed by atoms with Crippen LogP contribution in [0.2, 0.25) is 0 Å². The highest BCUT2D eigenvalue weighted by molar-refractivity contribution is 7.89. The summed E-state index contributed by atoms with van der Waals surface area (Å²) in [5.74, 6) is -0.282. The lowest BCUT2D eigenvalue weighted by molar-refractivity contribution is -0.140. The number of imidazole rings is 1. The van der Waals surface area contributed by atoms with Gasteiger partial charge in [-0.3, -0.25) is 4.79 Å². The second-order valence-electron chi connectivity index (χ2n) is 10.7. The summed E-state index contributed by atoms with van der Waals surface area (Å²) in [6.45, 7) is 1.70. The first kappa shape index (κ1) is 29.5. The lowest BCUT2D eigenvalue weighted by Gasteiger charge is -2.35. The van der Waals surface area contributed by atoms with E-state index in [1.807, 2.05) is 24.3 Å². The lowest BCUT2D eigenvalue weighted by Crippen LogP contribution is -2.47. The molecular weight excluding hydrogens is 559 g/mol. The van der Waals surface area contributed by atoms with Crippen LogP contribution in [-0.2, 0) is 32.3 Å². The van der Waals surface area contributed by atoms with Gasteiger partial charge in [-0.05, 0) is 43.5 Å². The Bertz CT molecular complexity index is 1510. The molecule has 13 heteroatoms. The van der Waals surface area contributed by atoms with Crippen LogP contribution in [0.25, 0.3) is 11.0 Å². The van der Waals surface area contributed by atoms with Crippen molar-refractivity contribution in [3.8, 4) is 0 Å². The summed E-state index contributed by atoms with van der Waals surface area (Å²) >= 11 is 0. The van der Waals surface area contributed by atoms with Gasteiger partial charge in [0.25, 0.3) is 0 Å². The molecule has 2 N–H and O–H groups in total. The summed E-state index contributed by atoms with van der Waals surface area (Å²) in [7, 11) is -2.87. The van der Waals surface area contributed by atoms with Gasteiger partial charge in [0.1, 0.15) is 5.82 Å². The van der Waals surface area contributed by atoms with Crippen LogP contribution in [0.3, 0.4) is 0 Å². The number of nitrogens with two attached hydrogens (primary N) is 1. The van der Waals surface area contributed by atoms with Gasteiger partial charge in [-0.15, -0.1) is 0 Å². The predicted octanol–water partition coefficient (Wildman–Crippen LogP) is 3.45. The Morgan fingerprint density at radius 1 is 1.10 bits per heavy atom. The number of halogens is 3. The molecule has 222 valence electrons.